The number of fused-ring (bicyclic) bond motifs is 1. The Morgan fingerprint density at radius 1 is 1.14 bits per heavy atom. The summed E-state index contributed by atoms with van der Waals surface area (Å²) in [6, 6.07) is 9.06. The molecule has 146 valence electrons. The van der Waals surface area contributed by atoms with Crippen molar-refractivity contribution in [3.8, 4) is 0 Å². The molecule has 0 aliphatic heterocycles. The summed E-state index contributed by atoms with van der Waals surface area (Å²) in [5.41, 5.74) is 2.53. The minimum absolute atomic E-state index is 0.0970. The largest absolute Gasteiger partial charge is 0.351 e. The third-order valence-electron chi connectivity index (χ3n) is 4.32. The summed E-state index contributed by atoms with van der Waals surface area (Å²) >= 11 is 5.92. The van der Waals surface area contributed by atoms with Crippen molar-refractivity contribution in [2.75, 3.05) is 11.9 Å². The number of nitrogens with one attached hydrogen (secondary N) is 2. The van der Waals surface area contributed by atoms with Gasteiger partial charge in [-0.2, -0.15) is 0 Å². The van der Waals surface area contributed by atoms with E-state index in [2.05, 4.69) is 20.6 Å². The molecule has 0 radical (unpaired) electrons. The fourth-order valence-corrected chi connectivity index (χ4v) is 3.12. The van der Waals surface area contributed by atoms with Gasteiger partial charge in [0.25, 0.3) is 5.91 Å². The van der Waals surface area contributed by atoms with E-state index in [4.69, 9.17) is 11.6 Å². The van der Waals surface area contributed by atoms with Crippen LogP contribution in [0.15, 0.2) is 42.7 Å². The lowest BCUT2D eigenvalue weighted by atomic mass is 10.2. The number of aromatic nitrogens is 3. The van der Waals surface area contributed by atoms with Crippen LogP contribution in [0, 0.1) is 6.92 Å². The number of nitrogens with zero attached hydrogens (tertiary/aromatic N) is 3. The number of hydrogen-bond acceptors (Lipinski definition) is 4. The highest BCUT2D eigenvalue weighted by atomic mass is 35.5. The standard InChI is InChI=1S/C20H22ClN5O2/c1-14-18(26-13-6-4-9-16(26)24-14)20(28)23-11-5-2-3-10-17(27)25-15-8-7-12-22-19(15)21/h4,6-9,12-13H,2-3,5,10-11H2,1H3,(H,23,28)(H,25,27). The topological polar surface area (TPSA) is 88.4 Å². The van der Waals surface area contributed by atoms with Gasteiger partial charge >= 0.3 is 0 Å². The molecule has 0 aliphatic rings. The molecule has 0 bridgehead atoms. The Morgan fingerprint density at radius 3 is 2.82 bits per heavy atom. The number of unbranched alkanes of at least 4 members (excludes halogenated alkanes) is 2. The zero-order chi connectivity index (χ0) is 19.9. The average Bonchev–Trinajstić information content (AvgIpc) is 3.02. The van der Waals surface area contributed by atoms with E-state index >= 15 is 0 Å². The fourth-order valence-electron chi connectivity index (χ4n) is 2.95. The van der Waals surface area contributed by atoms with Gasteiger partial charge in [0, 0.05) is 25.4 Å². The van der Waals surface area contributed by atoms with Crippen LogP contribution in [0.5, 0.6) is 0 Å². The molecule has 3 aromatic heterocycles. The molecule has 0 saturated carbocycles. The van der Waals surface area contributed by atoms with Crippen LogP contribution in [-0.2, 0) is 4.79 Å². The number of rotatable bonds is 8. The van der Waals surface area contributed by atoms with Crippen LogP contribution >= 0.6 is 11.6 Å². The van der Waals surface area contributed by atoms with Gasteiger partial charge in [0.1, 0.15) is 11.3 Å². The summed E-state index contributed by atoms with van der Waals surface area (Å²) in [5.74, 6) is -0.236. The second-order valence-electron chi connectivity index (χ2n) is 6.43. The van der Waals surface area contributed by atoms with Crippen LogP contribution < -0.4 is 10.6 Å². The molecule has 0 atom stereocenters. The van der Waals surface area contributed by atoms with E-state index in [0.717, 1.165) is 24.9 Å². The van der Waals surface area contributed by atoms with Gasteiger partial charge in [-0.25, -0.2) is 9.97 Å². The quantitative estimate of drug-likeness (QED) is 0.447. The van der Waals surface area contributed by atoms with Gasteiger partial charge in [-0.3, -0.25) is 14.0 Å². The Kier molecular flexibility index (Phi) is 6.60. The van der Waals surface area contributed by atoms with Crippen molar-refractivity contribution in [2.24, 2.45) is 0 Å². The molecule has 3 heterocycles. The number of imidazole rings is 1. The zero-order valence-electron chi connectivity index (χ0n) is 15.6. The first-order valence-electron chi connectivity index (χ1n) is 9.18. The third kappa shape index (κ3) is 4.86. The second kappa shape index (κ2) is 9.32. The summed E-state index contributed by atoms with van der Waals surface area (Å²) in [5, 5.41) is 5.95. The maximum Gasteiger partial charge on any atom is 0.270 e. The lowest BCUT2D eigenvalue weighted by Gasteiger charge is -2.07. The third-order valence-corrected chi connectivity index (χ3v) is 4.62. The minimum Gasteiger partial charge on any atom is -0.351 e. The molecule has 3 rings (SSSR count). The number of halogens is 1. The molecule has 0 saturated heterocycles. The highest BCUT2D eigenvalue weighted by molar-refractivity contribution is 6.32. The van der Waals surface area contributed by atoms with Crippen molar-refractivity contribution in [3.05, 3.63) is 59.3 Å². The molecule has 0 aromatic carbocycles. The molecule has 3 aromatic rings. The normalized spacial score (nSPS) is 10.8. The van der Waals surface area contributed by atoms with Crippen molar-refractivity contribution in [1.29, 1.82) is 0 Å². The average molecular weight is 400 g/mol. The maximum absolute atomic E-state index is 12.5. The number of anilines is 1. The Balaban J connectivity index is 1.38. The monoisotopic (exact) mass is 399 g/mol. The Bertz CT molecular complexity index is 986. The molecule has 0 spiro atoms. The summed E-state index contributed by atoms with van der Waals surface area (Å²) < 4.78 is 1.79. The molecular weight excluding hydrogens is 378 g/mol. The van der Waals surface area contributed by atoms with Crippen molar-refractivity contribution in [2.45, 2.75) is 32.6 Å². The van der Waals surface area contributed by atoms with Gasteiger partial charge < -0.3 is 10.6 Å². The number of pyridine rings is 2. The van der Waals surface area contributed by atoms with Gasteiger partial charge in [-0.15, -0.1) is 0 Å². The summed E-state index contributed by atoms with van der Waals surface area (Å²) in [6.07, 6.45) is 6.15. The molecule has 0 aliphatic carbocycles. The number of carbonyl (C=O) groups is 2. The molecule has 8 heteroatoms. The predicted molar refractivity (Wildman–Crippen MR) is 109 cm³/mol. The smallest absolute Gasteiger partial charge is 0.270 e. The molecule has 0 fully saturated rings. The summed E-state index contributed by atoms with van der Waals surface area (Å²) in [4.78, 5) is 32.7. The van der Waals surface area contributed by atoms with Gasteiger partial charge in [0.2, 0.25) is 5.91 Å². The van der Waals surface area contributed by atoms with Crippen LogP contribution in [-0.4, -0.2) is 32.7 Å². The van der Waals surface area contributed by atoms with Crippen LogP contribution in [0.3, 0.4) is 0 Å². The molecule has 0 unspecified atom stereocenters. The molecule has 7 nitrogen and oxygen atoms in total. The highest BCUT2D eigenvalue weighted by Crippen LogP contribution is 2.18. The van der Waals surface area contributed by atoms with Crippen LogP contribution in [0.1, 0.15) is 41.9 Å². The van der Waals surface area contributed by atoms with Crippen molar-refractivity contribution >= 4 is 34.7 Å². The molecule has 28 heavy (non-hydrogen) atoms. The van der Waals surface area contributed by atoms with Crippen molar-refractivity contribution < 1.29 is 9.59 Å². The Hall–Kier alpha value is -2.93. The highest BCUT2D eigenvalue weighted by Gasteiger charge is 2.15. The van der Waals surface area contributed by atoms with Crippen molar-refractivity contribution in [1.82, 2.24) is 19.7 Å². The van der Waals surface area contributed by atoms with E-state index < -0.39 is 0 Å². The maximum atomic E-state index is 12.5. The second-order valence-corrected chi connectivity index (χ2v) is 6.79. The van der Waals surface area contributed by atoms with Gasteiger partial charge in [-0.1, -0.05) is 24.1 Å². The first-order chi connectivity index (χ1) is 13.6. The van der Waals surface area contributed by atoms with E-state index in [-0.39, 0.29) is 17.0 Å². The number of amides is 2. The van der Waals surface area contributed by atoms with Crippen LogP contribution in [0.4, 0.5) is 5.69 Å². The summed E-state index contributed by atoms with van der Waals surface area (Å²) in [6.45, 7) is 2.38. The van der Waals surface area contributed by atoms with Crippen LogP contribution in [0.2, 0.25) is 5.15 Å². The van der Waals surface area contributed by atoms with E-state index in [1.165, 1.54) is 0 Å². The molecule has 2 amide bonds. The first kappa shape index (κ1) is 19.8. The Labute approximate surface area is 168 Å². The lowest BCUT2D eigenvalue weighted by Crippen LogP contribution is -2.26. The minimum atomic E-state index is -0.139. The van der Waals surface area contributed by atoms with E-state index in [0.29, 0.717) is 30.0 Å². The number of hydrogen-bond donors (Lipinski definition) is 2. The first-order valence-corrected chi connectivity index (χ1v) is 9.56. The van der Waals surface area contributed by atoms with E-state index in [1.807, 2.05) is 31.3 Å². The van der Waals surface area contributed by atoms with E-state index in [9.17, 15) is 9.59 Å². The Morgan fingerprint density at radius 2 is 2.00 bits per heavy atom. The number of aryl methyl sites for hydroxylation is 1. The fraction of sp³-hybridized carbons (Fsp3) is 0.300. The molecule has 2 N–H and O–H groups in total. The number of carbonyl (C=O) groups excluding carboxylic acids is 2. The zero-order valence-corrected chi connectivity index (χ0v) is 16.4. The van der Waals surface area contributed by atoms with Crippen molar-refractivity contribution in [3.63, 3.8) is 0 Å². The SMILES string of the molecule is Cc1nc2ccccn2c1C(=O)NCCCCCC(=O)Nc1cccnc1Cl. The van der Waals surface area contributed by atoms with Gasteiger partial charge in [0.15, 0.2) is 5.15 Å². The summed E-state index contributed by atoms with van der Waals surface area (Å²) in [7, 11) is 0. The van der Waals surface area contributed by atoms with Gasteiger partial charge in [-0.05, 0) is 44.0 Å². The van der Waals surface area contributed by atoms with Gasteiger partial charge in [0.05, 0.1) is 11.4 Å². The van der Waals surface area contributed by atoms with E-state index in [1.54, 1.807) is 22.7 Å². The molecular formula is C20H22ClN5O2. The lowest BCUT2D eigenvalue weighted by molar-refractivity contribution is -0.116. The van der Waals surface area contributed by atoms with Crippen LogP contribution in [0.25, 0.3) is 5.65 Å². The predicted octanol–water partition coefficient (Wildman–Crippen LogP) is 3.62.